The van der Waals surface area contributed by atoms with Crippen molar-refractivity contribution in [1.82, 2.24) is 5.32 Å². The van der Waals surface area contributed by atoms with Gasteiger partial charge in [-0.1, -0.05) is 18.2 Å². The van der Waals surface area contributed by atoms with E-state index < -0.39 is 24.0 Å². The first-order valence-electron chi connectivity index (χ1n) is 13.4. The molecule has 3 N–H and O–H groups in total. The molecule has 0 aliphatic heterocycles. The van der Waals surface area contributed by atoms with Crippen molar-refractivity contribution in [3.05, 3.63) is 86.0 Å². The van der Waals surface area contributed by atoms with Crippen LogP contribution in [-0.2, 0) is 9.53 Å². The summed E-state index contributed by atoms with van der Waals surface area (Å²) in [6.07, 6.45) is -0.264. The first kappa shape index (κ1) is 33.1. The van der Waals surface area contributed by atoms with E-state index >= 15 is 0 Å². The molecule has 2 atom stereocenters. The largest absolute Gasteiger partial charge is 0.494 e. The maximum Gasteiger partial charge on any atom is 0.415 e. The number of nitrogens with one attached hydrogen (secondary N) is 1. The summed E-state index contributed by atoms with van der Waals surface area (Å²) in [4.78, 5) is 28.1. The Kier molecular flexibility index (Phi) is 13.1. The number of benzene rings is 3. The zero-order chi connectivity index (χ0) is 29.8. The highest BCUT2D eigenvalue weighted by Gasteiger charge is 2.28. The van der Waals surface area contributed by atoms with E-state index in [-0.39, 0.29) is 12.3 Å². The molecule has 0 aliphatic carbocycles. The van der Waals surface area contributed by atoms with E-state index in [0.717, 1.165) is 12.9 Å². The van der Waals surface area contributed by atoms with E-state index in [1.54, 1.807) is 32.9 Å². The zero-order valence-corrected chi connectivity index (χ0v) is 27.8. The van der Waals surface area contributed by atoms with Gasteiger partial charge in [0.05, 0.1) is 19.2 Å². The Morgan fingerprint density at radius 2 is 1.46 bits per heavy atom. The topological polar surface area (TPSA) is 103 Å². The Balaban J connectivity index is 1.67. The molecule has 0 saturated heterocycles. The van der Waals surface area contributed by atoms with Crippen molar-refractivity contribution < 1.29 is 23.8 Å². The van der Waals surface area contributed by atoms with Gasteiger partial charge in [0.1, 0.15) is 23.3 Å². The average molecular weight is 785 g/mol. The van der Waals surface area contributed by atoms with Crippen molar-refractivity contribution in [3.63, 3.8) is 0 Å². The monoisotopic (exact) mass is 785 g/mol. The van der Waals surface area contributed by atoms with Crippen LogP contribution < -0.4 is 25.4 Å². The summed E-state index contributed by atoms with van der Waals surface area (Å²) >= 11 is 4.47. The van der Waals surface area contributed by atoms with E-state index in [9.17, 15) is 9.59 Å². The number of carbonyl (C=O) groups excluding carboxylic acids is 2. The molecule has 0 radical (unpaired) electrons. The van der Waals surface area contributed by atoms with Crippen LogP contribution in [0.25, 0.3) is 0 Å². The molecule has 3 rings (SSSR count). The minimum absolute atomic E-state index is 0.161. The summed E-state index contributed by atoms with van der Waals surface area (Å²) in [6, 6.07) is 23.8. The lowest BCUT2D eigenvalue weighted by atomic mass is 10.1. The Morgan fingerprint density at radius 3 is 2.05 bits per heavy atom. The standard InChI is InChI=1S/C31H37I2N3O5/c1-31(2,3)41-30(38)36(24-7-5-4-6-8-24)21-28(37)27(18-20-39-25-13-9-22(32)10-14-25)35-19-17-29(34)40-26-15-11-23(33)12-16-26/h4-16,27,29,35H,17-21,34H2,1-3H3. The third-order valence-electron chi connectivity index (χ3n) is 5.79. The minimum Gasteiger partial charge on any atom is -0.494 e. The molecule has 0 aromatic heterocycles. The molecule has 0 bridgehead atoms. The summed E-state index contributed by atoms with van der Waals surface area (Å²) in [6.45, 7) is 5.97. The molecular weight excluding hydrogens is 748 g/mol. The van der Waals surface area contributed by atoms with E-state index in [2.05, 4.69) is 50.5 Å². The number of hydrogen-bond acceptors (Lipinski definition) is 7. The summed E-state index contributed by atoms with van der Waals surface area (Å²) in [7, 11) is 0. The van der Waals surface area contributed by atoms with Crippen molar-refractivity contribution in [1.29, 1.82) is 0 Å². The number of halogens is 2. The first-order chi connectivity index (χ1) is 19.5. The van der Waals surface area contributed by atoms with Crippen LogP contribution in [0.1, 0.15) is 33.6 Å². The first-order valence-corrected chi connectivity index (χ1v) is 15.5. The molecule has 0 spiro atoms. The predicted molar refractivity (Wildman–Crippen MR) is 178 cm³/mol. The molecule has 41 heavy (non-hydrogen) atoms. The fraction of sp³-hybridized carbons (Fsp3) is 0.355. The number of hydrogen-bond donors (Lipinski definition) is 2. The minimum atomic E-state index is -0.709. The number of nitrogens with two attached hydrogens (primary N) is 1. The van der Waals surface area contributed by atoms with Crippen LogP contribution in [0.3, 0.4) is 0 Å². The number of rotatable bonds is 14. The highest BCUT2D eigenvalue weighted by Crippen LogP contribution is 2.19. The highest BCUT2D eigenvalue weighted by molar-refractivity contribution is 14.1. The van der Waals surface area contributed by atoms with E-state index in [4.69, 9.17) is 19.9 Å². The molecule has 8 nitrogen and oxygen atoms in total. The van der Waals surface area contributed by atoms with Crippen molar-refractivity contribution in [3.8, 4) is 11.5 Å². The van der Waals surface area contributed by atoms with Crippen molar-refractivity contribution >= 4 is 62.7 Å². The van der Waals surface area contributed by atoms with Crippen LogP contribution in [0, 0.1) is 7.14 Å². The third kappa shape index (κ3) is 12.1. The van der Waals surface area contributed by atoms with Gasteiger partial charge in [-0.3, -0.25) is 15.4 Å². The number of amides is 1. The molecule has 0 aliphatic rings. The fourth-order valence-corrected chi connectivity index (χ4v) is 4.52. The van der Waals surface area contributed by atoms with Crippen molar-refractivity contribution in [2.45, 2.75) is 51.5 Å². The lowest BCUT2D eigenvalue weighted by Crippen LogP contribution is -2.47. The number of ether oxygens (including phenoxy) is 3. The lowest BCUT2D eigenvalue weighted by Gasteiger charge is -2.28. The van der Waals surface area contributed by atoms with E-state index in [0.29, 0.717) is 37.4 Å². The maximum absolute atomic E-state index is 13.7. The Morgan fingerprint density at radius 1 is 0.878 bits per heavy atom. The van der Waals surface area contributed by atoms with Gasteiger partial charge >= 0.3 is 6.09 Å². The molecule has 10 heteroatoms. The van der Waals surface area contributed by atoms with Gasteiger partial charge in [-0.05, 0) is 127 Å². The van der Waals surface area contributed by atoms with Gasteiger partial charge in [-0.2, -0.15) is 0 Å². The number of anilines is 1. The molecule has 0 fully saturated rings. The summed E-state index contributed by atoms with van der Waals surface area (Å²) < 4.78 is 19.6. The Labute approximate surface area is 269 Å². The fourth-order valence-electron chi connectivity index (χ4n) is 3.80. The van der Waals surface area contributed by atoms with Crippen LogP contribution in [0.15, 0.2) is 78.9 Å². The molecule has 0 heterocycles. The summed E-state index contributed by atoms with van der Waals surface area (Å²) in [5, 5.41) is 3.31. The molecule has 2 unspecified atom stereocenters. The SMILES string of the molecule is CC(C)(C)OC(=O)N(CC(=O)C(CCOc1ccc(I)cc1)NCCC(N)Oc1ccc(I)cc1)c1ccccc1. The highest BCUT2D eigenvalue weighted by atomic mass is 127. The Hall–Kier alpha value is -2.42. The van der Waals surface area contributed by atoms with Gasteiger partial charge in [-0.25, -0.2) is 4.79 Å². The number of para-hydroxylation sites is 1. The smallest absolute Gasteiger partial charge is 0.415 e. The number of nitrogens with zero attached hydrogens (tertiary/aromatic N) is 1. The second kappa shape index (κ2) is 16.3. The van der Waals surface area contributed by atoms with Gasteiger partial charge in [0.15, 0.2) is 5.78 Å². The third-order valence-corrected chi connectivity index (χ3v) is 7.23. The van der Waals surface area contributed by atoms with Crippen molar-refractivity contribution in [2.75, 3.05) is 24.6 Å². The van der Waals surface area contributed by atoms with Gasteiger partial charge in [0.2, 0.25) is 0 Å². The molecule has 1 amide bonds. The van der Waals surface area contributed by atoms with Gasteiger partial charge < -0.3 is 19.5 Å². The molecule has 3 aromatic carbocycles. The molecular formula is C31H37I2N3O5. The molecule has 3 aromatic rings. The summed E-state index contributed by atoms with van der Waals surface area (Å²) in [5.41, 5.74) is 6.08. The van der Waals surface area contributed by atoms with E-state index in [1.807, 2.05) is 66.7 Å². The molecule has 0 saturated carbocycles. The predicted octanol–water partition coefficient (Wildman–Crippen LogP) is 6.39. The summed E-state index contributed by atoms with van der Waals surface area (Å²) in [5.74, 6) is 1.25. The number of Topliss-reactive ketones (excluding diaryl/α,β-unsaturated/α-hetero) is 1. The average Bonchev–Trinajstić information content (AvgIpc) is 2.92. The second-order valence-electron chi connectivity index (χ2n) is 10.4. The van der Waals surface area contributed by atoms with Crippen LogP contribution in [-0.4, -0.2) is 49.4 Å². The number of carbonyl (C=O) groups is 2. The van der Waals surface area contributed by atoms with Crippen LogP contribution >= 0.6 is 45.2 Å². The van der Waals surface area contributed by atoms with Crippen LogP contribution in [0.4, 0.5) is 10.5 Å². The van der Waals surface area contributed by atoms with Gasteiger partial charge in [0.25, 0.3) is 0 Å². The van der Waals surface area contributed by atoms with E-state index in [1.165, 1.54) is 4.90 Å². The van der Waals surface area contributed by atoms with Crippen LogP contribution in [0.5, 0.6) is 11.5 Å². The number of ketones is 1. The van der Waals surface area contributed by atoms with Gasteiger partial charge in [-0.15, -0.1) is 0 Å². The Bertz CT molecular complexity index is 1240. The van der Waals surface area contributed by atoms with Crippen molar-refractivity contribution in [2.24, 2.45) is 5.73 Å². The molecule has 220 valence electrons. The maximum atomic E-state index is 13.7. The van der Waals surface area contributed by atoms with Crippen LogP contribution in [0.2, 0.25) is 0 Å². The normalized spacial score (nSPS) is 12.7. The quantitative estimate of drug-likeness (QED) is 0.144. The lowest BCUT2D eigenvalue weighted by molar-refractivity contribution is -0.120. The second-order valence-corrected chi connectivity index (χ2v) is 12.9. The van der Waals surface area contributed by atoms with Gasteiger partial charge in [0, 0.05) is 32.2 Å². The zero-order valence-electron chi connectivity index (χ0n) is 23.5.